The van der Waals surface area contributed by atoms with E-state index >= 15 is 0 Å². The number of carbonyl (C=O) groups is 2. The molecule has 0 aromatic rings. The average Bonchev–Trinajstić information content (AvgIpc) is 2.24. The Balaban J connectivity index is 4.20. The van der Waals surface area contributed by atoms with E-state index in [1.807, 2.05) is 0 Å². The number of carboxylic acid groups (broad SMARTS) is 1. The van der Waals surface area contributed by atoms with Crippen LogP contribution in [0.15, 0.2) is 0 Å². The molecule has 7 heteroatoms. The Morgan fingerprint density at radius 3 is 2.06 bits per heavy atom. The molecule has 0 rings (SSSR count). The van der Waals surface area contributed by atoms with Gasteiger partial charge in [0.05, 0.1) is 0 Å². The molecule has 0 radical (unpaired) electrons. The van der Waals surface area contributed by atoms with Crippen LogP contribution in [-0.2, 0) is 19.0 Å². The van der Waals surface area contributed by atoms with Gasteiger partial charge in [-0.1, -0.05) is 13.8 Å². The highest BCUT2D eigenvalue weighted by atomic mass is 16.8. The third-order valence-corrected chi connectivity index (χ3v) is 2.19. The van der Waals surface area contributed by atoms with Crippen molar-refractivity contribution in [1.82, 2.24) is 5.32 Å². The van der Waals surface area contributed by atoms with Crippen molar-refractivity contribution in [3.05, 3.63) is 0 Å². The van der Waals surface area contributed by atoms with E-state index in [4.69, 9.17) is 19.3 Å². The molecule has 0 saturated heterocycles. The first kappa shape index (κ1) is 16.7. The Labute approximate surface area is 106 Å². The van der Waals surface area contributed by atoms with Crippen molar-refractivity contribution in [2.45, 2.75) is 46.3 Å². The number of amides is 1. The lowest BCUT2D eigenvalue weighted by atomic mass is 10.1. The minimum Gasteiger partial charge on any atom is -0.480 e. The standard InChI is InChI=1S/C11H21NO6/c1-6(2)9(10(13)14)12-11(15)18-8(4)17-7(3)16-5/h6-9H,1-5H3,(H,12,15)(H,13,14)/t7?,8?,9-/m0/s1. The molecule has 0 aliphatic rings. The molecule has 2 unspecified atom stereocenters. The fourth-order valence-electron chi connectivity index (χ4n) is 1.18. The molecule has 18 heavy (non-hydrogen) atoms. The number of carbonyl (C=O) groups excluding carboxylic acids is 1. The molecule has 0 fully saturated rings. The molecule has 3 atom stereocenters. The van der Waals surface area contributed by atoms with Gasteiger partial charge in [-0.3, -0.25) is 0 Å². The molecule has 106 valence electrons. The van der Waals surface area contributed by atoms with Crippen molar-refractivity contribution in [3.8, 4) is 0 Å². The van der Waals surface area contributed by atoms with E-state index in [9.17, 15) is 9.59 Å². The molecule has 7 nitrogen and oxygen atoms in total. The zero-order valence-corrected chi connectivity index (χ0v) is 11.3. The summed E-state index contributed by atoms with van der Waals surface area (Å²) in [5, 5.41) is 11.1. The molecule has 1 amide bonds. The molecule has 0 spiro atoms. The van der Waals surface area contributed by atoms with Gasteiger partial charge in [-0.25, -0.2) is 9.59 Å². The van der Waals surface area contributed by atoms with E-state index in [1.54, 1.807) is 20.8 Å². The average molecular weight is 263 g/mol. The van der Waals surface area contributed by atoms with Gasteiger partial charge in [-0.15, -0.1) is 0 Å². The maximum absolute atomic E-state index is 11.4. The van der Waals surface area contributed by atoms with Crippen LogP contribution < -0.4 is 5.32 Å². The lowest BCUT2D eigenvalue weighted by molar-refractivity contribution is -0.202. The van der Waals surface area contributed by atoms with Gasteiger partial charge in [0.25, 0.3) is 0 Å². The van der Waals surface area contributed by atoms with Gasteiger partial charge >= 0.3 is 12.1 Å². The van der Waals surface area contributed by atoms with Crippen molar-refractivity contribution in [1.29, 1.82) is 0 Å². The second-order valence-corrected chi connectivity index (χ2v) is 4.12. The highest BCUT2D eigenvalue weighted by molar-refractivity contribution is 5.80. The maximum Gasteiger partial charge on any atom is 0.410 e. The highest BCUT2D eigenvalue weighted by Crippen LogP contribution is 2.04. The summed E-state index contributed by atoms with van der Waals surface area (Å²) in [4.78, 5) is 22.3. The van der Waals surface area contributed by atoms with Crippen molar-refractivity contribution in [2.24, 2.45) is 5.92 Å². The molecule has 0 aromatic heterocycles. The van der Waals surface area contributed by atoms with Gasteiger partial charge in [0.1, 0.15) is 6.04 Å². The van der Waals surface area contributed by atoms with Crippen LogP contribution in [0.4, 0.5) is 4.79 Å². The third kappa shape index (κ3) is 6.41. The second-order valence-electron chi connectivity index (χ2n) is 4.12. The number of alkyl carbamates (subject to hydrolysis) is 1. The van der Waals surface area contributed by atoms with Crippen LogP contribution >= 0.6 is 0 Å². The van der Waals surface area contributed by atoms with Gasteiger partial charge in [-0.2, -0.15) is 0 Å². The summed E-state index contributed by atoms with van der Waals surface area (Å²) in [6.45, 7) is 6.53. The Morgan fingerprint density at radius 1 is 1.11 bits per heavy atom. The molecule has 0 saturated carbocycles. The lowest BCUT2D eigenvalue weighted by Crippen LogP contribution is -2.45. The summed E-state index contributed by atoms with van der Waals surface area (Å²) >= 11 is 0. The maximum atomic E-state index is 11.4. The number of methoxy groups -OCH3 is 1. The second kappa shape index (κ2) is 7.88. The van der Waals surface area contributed by atoms with Crippen molar-refractivity contribution >= 4 is 12.1 Å². The molecular formula is C11H21NO6. The monoisotopic (exact) mass is 263 g/mol. The highest BCUT2D eigenvalue weighted by Gasteiger charge is 2.25. The lowest BCUT2D eigenvalue weighted by Gasteiger charge is -2.21. The van der Waals surface area contributed by atoms with E-state index < -0.39 is 30.7 Å². The number of ether oxygens (including phenoxy) is 3. The minimum absolute atomic E-state index is 0.246. The van der Waals surface area contributed by atoms with E-state index in [2.05, 4.69) is 5.32 Å². The normalized spacial score (nSPS) is 15.9. The van der Waals surface area contributed by atoms with Gasteiger partial charge in [0.2, 0.25) is 6.29 Å². The van der Waals surface area contributed by atoms with Gasteiger partial charge in [0, 0.05) is 7.11 Å². The summed E-state index contributed by atoms with van der Waals surface area (Å²) in [6.07, 6.45) is -2.19. The Kier molecular flexibility index (Phi) is 7.30. The molecule has 0 heterocycles. The first-order chi connectivity index (χ1) is 8.27. The summed E-state index contributed by atoms with van der Waals surface area (Å²) in [5.74, 6) is -1.36. The van der Waals surface area contributed by atoms with E-state index in [0.29, 0.717) is 0 Å². The number of hydrogen-bond donors (Lipinski definition) is 2. The number of aliphatic carboxylic acids is 1. The number of hydrogen-bond acceptors (Lipinski definition) is 5. The Bertz CT molecular complexity index is 281. The van der Waals surface area contributed by atoms with Crippen LogP contribution in [0.25, 0.3) is 0 Å². The zero-order valence-electron chi connectivity index (χ0n) is 11.3. The fraction of sp³-hybridized carbons (Fsp3) is 0.818. The fourth-order valence-corrected chi connectivity index (χ4v) is 1.18. The number of rotatable bonds is 7. The predicted octanol–water partition coefficient (Wildman–Crippen LogP) is 1.18. The predicted molar refractivity (Wildman–Crippen MR) is 62.9 cm³/mol. The van der Waals surface area contributed by atoms with Crippen molar-refractivity contribution in [2.75, 3.05) is 7.11 Å². The van der Waals surface area contributed by atoms with E-state index in [1.165, 1.54) is 14.0 Å². The van der Waals surface area contributed by atoms with E-state index in [-0.39, 0.29) is 5.92 Å². The molecule has 0 aliphatic heterocycles. The third-order valence-electron chi connectivity index (χ3n) is 2.19. The van der Waals surface area contributed by atoms with Crippen molar-refractivity contribution < 1.29 is 28.9 Å². The quantitative estimate of drug-likeness (QED) is 0.670. The summed E-state index contributed by atoms with van der Waals surface area (Å²) in [7, 11) is 1.46. The molecular weight excluding hydrogens is 242 g/mol. The van der Waals surface area contributed by atoms with Crippen LogP contribution in [0.5, 0.6) is 0 Å². The summed E-state index contributed by atoms with van der Waals surface area (Å²) in [6, 6.07) is -0.996. The first-order valence-corrected chi connectivity index (χ1v) is 5.66. The zero-order chi connectivity index (χ0) is 14.3. The van der Waals surface area contributed by atoms with Crippen molar-refractivity contribution in [3.63, 3.8) is 0 Å². The molecule has 0 bridgehead atoms. The largest absolute Gasteiger partial charge is 0.480 e. The number of carboxylic acids is 1. The molecule has 0 aromatic carbocycles. The Hall–Kier alpha value is -1.34. The molecule has 2 N–H and O–H groups in total. The van der Waals surface area contributed by atoms with Gasteiger partial charge in [0.15, 0.2) is 6.29 Å². The van der Waals surface area contributed by atoms with Crippen LogP contribution in [-0.4, -0.2) is 42.9 Å². The van der Waals surface area contributed by atoms with Crippen LogP contribution in [0.1, 0.15) is 27.7 Å². The SMILES string of the molecule is COC(C)OC(C)OC(=O)N[C@H](C(=O)O)C(C)C. The van der Waals surface area contributed by atoms with Gasteiger partial charge in [-0.05, 0) is 19.8 Å². The summed E-state index contributed by atoms with van der Waals surface area (Å²) in [5.41, 5.74) is 0. The first-order valence-electron chi connectivity index (χ1n) is 5.66. The Morgan fingerprint density at radius 2 is 1.67 bits per heavy atom. The smallest absolute Gasteiger partial charge is 0.410 e. The summed E-state index contributed by atoms with van der Waals surface area (Å²) < 4.78 is 14.8. The minimum atomic E-state index is -1.11. The van der Waals surface area contributed by atoms with Crippen LogP contribution in [0.3, 0.4) is 0 Å². The van der Waals surface area contributed by atoms with Gasteiger partial charge < -0.3 is 24.6 Å². The van der Waals surface area contributed by atoms with Crippen LogP contribution in [0, 0.1) is 5.92 Å². The number of nitrogens with one attached hydrogen (secondary N) is 1. The topological polar surface area (TPSA) is 94.1 Å². The molecule has 0 aliphatic carbocycles. The van der Waals surface area contributed by atoms with E-state index in [0.717, 1.165) is 0 Å². The van der Waals surface area contributed by atoms with Crippen LogP contribution in [0.2, 0.25) is 0 Å².